The second-order valence-electron chi connectivity index (χ2n) is 7.96. The van der Waals surface area contributed by atoms with Crippen molar-refractivity contribution < 1.29 is 32.1 Å². The number of hydrogen-bond donors (Lipinski definition) is 2. The van der Waals surface area contributed by atoms with Crippen LogP contribution in [0.5, 0.6) is 11.6 Å². The van der Waals surface area contributed by atoms with Crippen molar-refractivity contribution in [3.63, 3.8) is 0 Å². The third kappa shape index (κ3) is 5.88. The highest BCUT2D eigenvalue weighted by atomic mass is 19.4. The predicted molar refractivity (Wildman–Crippen MR) is 109 cm³/mol. The molecule has 1 atom stereocenters. The van der Waals surface area contributed by atoms with Crippen molar-refractivity contribution in [2.24, 2.45) is 5.73 Å². The zero-order valence-corrected chi connectivity index (χ0v) is 17.8. The molecule has 5 nitrogen and oxygen atoms in total. The Bertz CT molecular complexity index is 945. The number of methoxy groups -OCH3 is 2. The third-order valence-corrected chi connectivity index (χ3v) is 4.97. The summed E-state index contributed by atoms with van der Waals surface area (Å²) in [5.74, 6) is -0.124. The molecule has 1 heterocycles. The number of hydrogen-bond acceptors (Lipinski definition) is 5. The molecule has 1 unspecified atom stereocenters. The second-order valence-corrected chi connectivity index (χ2v) is 7.96. The molecule has 0 radical (unpaired) electrons. The first-order valence-corrected chi connectivity index (χ1v) is 9.40. The topological polar surface area (TPSA) is 77.6 Å². The maximum absolute atomic E-state index is 14.0. The lowest BCUT2D eigenvalue weighted by molar-refractivity contribution is -0.266. The maximum atomic E-state index is 14.0. The van der Waals surface area contributed by atoms with Gasteiger partial charge in [0.1, 0.15) is 11.6 Å². The molecule has 2 aromatic rings. The van der Waals surface area contributed by atoms with Gasteiger partial charge in [-0.05, 0) is 47.7 Å². The monoisotopic (exact) mass is 442 g/mol. The van der Waals surface area contributed by atoms with E-state index in [-0.39, 0.29) is 22.9 Å². The molecule has 0 amide bonds. The lowest BCUT2D eigenvalue weighted by atomic mass is 9.73. The van der Waals surface area contributed by atoms with Gasteiger partial charge in [-0.1, -0.05) is 13.8 Å². The van der Waals surface area contributed by atoms with E-state index < -0.39 is 35.9 Å². The van der Waals surface area contributed by atoms with Crippen molar-refractivity contribution >= 4 is 6.08 Å². The van der Waals surface area contributed by atoms with Gasteiger partial charge in [-0.25, -0.2) is 9.37 Å². The van der Waals surface area contributed by atoms with Crippen molar-refractivity contribution in [3.8, 4) is 11.6 Å². The van der Waals surface area contributed by atoms with E-state index in [9.17, 15) is 22.7 Å². The minimum Gasteiger partial charge on any atom is -0.496 e. The normalized spacial score (nSPS) is 14.8. The molecular formula is C22H26F4N2O3. The molecule has 1 aromatic heterocycles. The fraction of sp³-hybridized carbons (Fsp3) is 0.409. The van der Waals surface area contributed by atoms with Crippen molar-refractivity contribution in [1.29, 1.82) is 0 Å². The molecule has 0 aliphatic carbocycles. The van der Waals surface area contributed by atoms with Gasteiger partial charge < -0.3 is 20.3 Å². The van der Waals surface area contributed by atoms with Crippen molar-refractivity contribution in [1.82, 2.24) is 4.98 Å². The number of pyridine rings is 1. The molecule has 1 aromatic carbocycles. The van der Waals surface area contributed by atoms with Gasteiger partial charge in [-0.3, -0.25) is 0 Å². The number of nitrogens with zero attached hydrogens (tertiary/aromatic N) is 1. The Kier molecular flexibility index (Phi) is 7.21. The molecule has 170 valence electrons. The van der Waals surface area contributed by atoms with Gasteiger partial charge in [0.05, 0.1) is 14.2 Å². The third-order valence-electron chi connectivity index (χ3n) is 4.97. The molecule has 3 N–H and O–H groups in total. The lowest BCUT2D eigenvalue weighted by Crippen LogP contribution is -2.50. The van der Waals surface area contributed by atoms with E-state index in [2.05, 4.69) is 4.98 Å². The number of nitrogens with two attached hydrogens (primary N) is 1. The van der Waals surface area contributed by atoms with Crippen LogP contribution in [-0.4, -0.2) is 36.1 Å². The van der Waals surface area contributed by atoms with E-state index in [4.69, 9.17) is 15.2 Å². The summed E-state index contributed by atoms with van der Waals surface area (Å²) in [7, 11) is 2.75. The molecule has 0 aliphatic rings. The summed E-state index contributed by atoms with van der Waals surface area (Å²) in [4.78, 5) is 3.92. The van der Waals surface area contributed by atoms with Gasteiger partial charge in [0.25, 0.3) is 0 Å². The van der Waals surface area contributed by atoms with E-state index in [1.165, 1.54) is 52.5 Å². The molecule has 0 bridgehead atoms. The zero-order valence-electron chi connectivity index (χ0n) is 17.8. The number of aromatic nitrogens is 1. The van der Waals surface area contributed by atoms with Gasteiger partial charge >= 0.3 is 6.18 Å². The second kappa shape index (κ2) is 9.13. The Morgan fingerprint density at radius 3 is 2.39 bits per heavy atom. The Hall–Kier alpha value is -2.81. The molecule has 9 heteroatoms. The van der Waals surface area contributed by atoms with Crippen LogP contribution in [0.2, 0.25) is 0 Å². The van der Waals surface area contributed by atoms with Crippen LogP contribution in [0.15, 0.2) is 42.2 Å². The van der Waals surface area contributed by atoms with Crippen LogP contribution in [-0.2, 0) is 5.41 Å². The minimum absolute atomic E-state index is 0.185. The van der Waals surface area contributed by atoms with Crippen LogP contribution in [0.1, 0.15) is 37.8 Å². The van der Waals surface area contributed by atoms with E-state index in [1.807, 2.05) is 0 Å². The summed E-state index contributed by atoms with van der Waals surface area (Å²) < 4.78 is 65.9. The van der Waals surface area contributed by atoms with Gasteiger partial charge in [0, 0.05) is 29.9 Å². The highest BCUT2D eigenvalue weighted by molar-refractivity contribution is 5.53. The van der Waals surface area contributed by atoms with Gasteiger partial charge in [-0.15, -0.1) is 0 Å². The number of alkyl halides is 3. The van der Waals surface area contributed by atoms with Crippen LogP contribution in [0.25, 0.3) is 6.08 Å². The summed E-state index contributed by atoms with van der Waals surface area (Å²) >= 11 is 0. The van der Waals surface area contributed by atoms with Crippen molar-refractivity contribution in [2.75, 3.05) is 14.2 Å². The van der Waals surface area contributed by atoms with Crippen LogP contribution in [0, 0.1) is 5.82 Å². The quantitative estimate of drug-likeness (QED) is 0.585. The Balaban J connectivity index is 2.40. The Morgan fingerprint density at radius 2 is 1.81 bits per heavy atom. The first kappa shape index (κ1) is 24.5. The molecule has 0 spiro atoms. The Morgan fingerprint density at radius 1 is 1.13 bits per heavy atom. The SMILES string of the molecule is COc1cc(/C=C(\N)CC(O)(CC(C)(C)c2cc(F)ccc2OC)C(F)(F)F)ccn1. The highest BCUT2D eigenvalue weighted by Gasteiger charge is 2.56. The van der Waals surface area contributed by atoms with Crippen molar-refractivity contribution in [2.45, 2.75) is 43.9 Å². The van der Waals surface area contributed by atoms with Crippen LogP contribution >= 0.6 is 0 Å². The fourth-order valence-electron chi connectivity index (χ4n) is 3.53. The number of halogens is 4. The highest BCUT2D eigenvalue weighted by Crippen LogP contribution is 2.46. The van der Waals surface area contributed by atoms with Gasteiger partial charge in [-0.2, -0.15) is 13.2 Å². The predicted octanol–water partition coefficient (Wildman–Crippen LogP) is 4.59. The van der Waals surface area contributed by atoms with E-state index in [0.29, 0.717) is 5.56 Å². The summed E-state index contributed by atoms with van der Waals surface area (Å²) in [6, 6.07) is 6.64. The van der Waals surface area contributed by atoms with Crippen LogP contribution < -0.4 is 15.2 Å². The maximum Gasteiger partial charge on any atom is 0.417 e. The fourth-order valence-corrected chi connectivity index (χ4v) is 3.53. The Labute approximate surface area is 178 Å². The summed E-state index contributed by atoms with van der Waals surface area (Å²) in [5, 5.41) is 10.7. The average Bonchev–Trinajstić information content (AvgIpc) is 2.66. The molecule has 0 aliphatic heterocycles. The average molecular weight is 442 g/mol. The van der Waals surface area contributed by atoms with E-state index >= 15 is 0 Å². The summed E-state index contributed by atoms with van der Waals surface area (Å²) in [5.41, 5.74) is 1.91. The molecule has 0 fully saturated rings. The van der Waals surface area contributed by atoms with Gasteiger partial charge in [0.15, 0.2) is 5.60 Å². The first-order valence-electron chi connectivity index (χ1n) is 9.40. The minimum atomic E-state index is -4.99. The van der Waals surface area contributed by atoms with Crippen LogP contribution in [0.3, 0.4) is 0 Å². The lowest BCUT2D eigenvalue weighted by Gasteiger charge is -2.38. The summed E-state index contributed by atoms with van der Waals surface area (Å²) in [6.07, 6.45) is -3.89. The summed E-state index contributed by atoms with van der Waals surface area (Å²) in [6.45, 7) is 2.96. The zero-order chi connectivity index (χ0) is 23.4. The smallest absolute Gasteiger partial charge is 0.417 e. The number of rotatable bonds is 8. The largest absolute Gasteiger partial charge is 0.496 e. The van der Waals surface area contributed by atoms with E-state index in [1.54, 1.807) is 6.07 Å². The molecule has 0 saturated carbocycles. The first-order chi connectivity index (χ1) is 14.3. The van der Waals surface area contributed by atoms with Crippen molar-refractivity contribution in [3.05, 3.63) is 59.2 Å². The molecule has 31 heavy (non-hydrogen) atoms. The van der Waals surface area contributed by atoms with Gasteiger partial charge in [0.2, 0.25) is 5.88 Å². The van der Waals surface area contributed by atoms with E-state index in [0.717, 1.165) is 12.1 Å². The van der Waals surface area contributed by atoms with Crippen LogP contribution in [0.4, 0.5) is 17.6 Å². The molecule has 2 rings (SSSR count). The molecule has 0 saturated heterocycles. The number of benzene rings is 1. The number of ether oxygens (including phenoxy) is 2. The molecular weight excluding hydrogens is 416 g/mol. The standard InChI is InChI=1S/C22H26F4N2O3/c1-20(2,17-11-15(23)5-6-18(17)30-3)13-21(29,22(24,25)26)12-16(27)9-14-7-8-28-19(10-14)31-4/h5-11,29H,12-13,27H2,1-4H3/b16-9-. The number of aliphatic hydroxyl groups is 1.